The molecule has 0 aliphatic heterocycles. The molecule has 1 fully saturated rings. The van der Waals surface area contributed by atoms with Gasteiger partial charge < -0.3 is 4.74 Å². The van der Waals surface area contributed by atoms with Crippen molar-refractivity contribution < 1.29 is 18.7 Å². The molecule has 3 rings (SSSR count). The molecule has 0 saturated heterocycles. The summed E-state index contributed by atoms with van der Waals surface area (Å²) in [5.74, 6) is -0.268. The fraction of sp³-hybridized carbons (Fsp3) is 0.364. The fourth-order valence-corrected chi connectivity index (χ4v) is 3.51. The van der Waals surface area contributed by atoms with Crippen LogP contribution in [0.2, 0.25) is 0 Å². The molecule has 2 aromatic carbocycles. The van der Waals surface area contributed by atoms with E-state index in [4.69, 9.17) is 4.74 Å². The molecule has 0 unspecified atom stereocenters. The van der Waals surface area contributed by atoms with E-state index in [0.717, 1.165) is 25.7 Å². The van der Waals surface area contributed by atoms with Crippen molar-refractivity contribution in [2.45, 2.75) is 45.4 Å². The molecule has 0 heterocycles. The first-order valence-corrected chi connectivity index (χ1v) is 9.14. The minimum atomic E-state index is -0.476. The average molecular weight is 354 g/mol. The standard InChI is InChI=1S/C22H23FO3/c1-15(24)17-8-5-9-18(11-17)19-12-20(23)14-21(13-19)26-22(25)10-16-6-3-2-4-7-16/h5,8-9,11-14,16H,2-4,6-7,10H2,1H3. The van der Waals surface area contributed by atoms with Gasteiger partial charge in [0.1, 0.15) is 11.6 Å². The topological polar surface area (TPSA) is 43.4 Å². The van der Waals surface area contributed by atoms with E-state index >= 15 is 0 Å². The van der Waals surface area contributed by atoms with E-state index in [1.54, 1.807) is 30.3 Å². The van der Waals surface area contributed by atoms with Crippen molar-refractivity contribution in [3.63, 3.8) is 0 Å². The Balaban J connectivity index is 1.76. The van der Waals surface area contributed by atoms with Gasteiger partial charge in [-0.05, 0) is 55.0 Å². The summed E-state index contributed by atoms with van der Waals surface area (Å²) in [6.45, 7) is 1.49. The van der Waals surface area contributed by atoms with Crippen LogP contribution in [0.3, 0.4) is 0 Å². The molecule has 26 heavy (non-hydrogen) atoms. The zero-order valence-corrected chi connectivity index (χ0v) is 15.0. The second-order valence-electron chi connectivity index (χ2n) is 6.99. The van der Waals surface area contributed by atoms with Crippen molar-refractivity contribution in [3.05, 3.63) is 53.8 Å². The molecule has 0 atom stereocenters. The normalized spacial score (nSPS) is 14.8. The lowest BCUT2D eigenvalue weighted by molar-refractivity contribution is -0.135. The number of rotatable bonds is 5. The van der Waals surface area contributed by atoms with Gasteiger partial charge in [-0.2, -0.15) is 0 Å². The Hall–Kier alpha value is -2.49. The third kappa shape index (κ3) is 4.78. The van der Waals surface area contributed by atoms with Crippen LogP contribution in [0.25, 0.3) is 11.1 Å². The predicted octanol–water partition coefficient (Wildman–Crippen LogP) is 5.57. The number of ketones is 1. The van der Waals surface area contributed by atoms with E-state index in [1.165, 1.54) is 25.5 Å². The molecule has 3 nitrogen and oxygen atoms in total. The minimum Gasteiger partial charge on any atom is -0.426 e. The number of benzene rings is 2. The summed E-state index contributed by atoms with van der Waals surface area (Å²) in [6, 6.07) is 11.2. The van der Waals surface area contributed by atoms with Gasteiger partial charge >= 0.3 is 5.97 Å². The molecular formula is C22H23FO3. The predicted molar refractivity (Wildman–Crippen MR) is 98.7 cm³/mol. The second kappa shape index (κ2) is 8.26. The molecule has 1 aliphatic carbocycles. The van der Waals surface area contributed by atoms with Gasteiger partial charge in [-0.1, -0.05) is 37.5 Å². The maximum atomic E-state index is 14.0. The first kappa shape index (κ1) is 18.3. The number of carbonyl (C=O) groups is 2. The molecule has 0 N–H and O–H groups in total. The summed E-state index contributed by atoms with van der Waals surface area (Å²) in [4.78, 5) is 23.7. The second-order valence-corrected chi connectivity index (χ2v) is 6.99. The summed E-state index contributed by atoms with van der Waals surface area (Å²) in [7, 11) is 0. The lowest BCUT2D eigenvalue weighted by Gasteiger charge is -2.20. The summed E-state index contributed by atoms with van der Waals surface area (Å²) >= 11 is 0. The minimum absolute atomic E-state index is 0.0533. The van der Waals surface area contributed by atoms with Crippen LogP contribution < -0.4 is 4.74 Å². The van der Waals surface area contributed by atoms with E-state index < -0.39 is 5.82 Å². The summed E-state index contributed by atoms with van der Waals surface area (Å²) in [6.07, 6.45) is 6.05. The molecule has 4 heteroatoms. The molecule has 1 saturated carbocycles. The summed E-state index contributed by atoms with van der Waals surface area (Å²) in [5.41, 5.74) is 1.85. The van der Waals surface area contributed by atoms with Gasteiger partial charge in [0, 0.05) is 18.1 Å². The van der Waals surface area contributed by atoms with Crippen LogP contribution in [-0.4, -0.2) is 11.8 Å². The smallest absolute Gasteiger partial charge is 0.311 e. The van der Waals surface area contributed by atoms with Gasteiger partial charge in [0.15, 0.2) is 5.78 Å². The van der Waals surface area contributed by atoms with Crippen LogP contribution in [0.4, 0.5) is 4.39 Å². The number of esters is 1. The third-order valence-electron chi connectivity index (χ3n) is 4.89. The van der Waals surface area contributed by atoms with E-state index in [9.17, 15) is 14.0 Å². The molecule has 136 valence electrons. The van der Waals surface area contributed by atoms with Gasteiger partial charge in [-0.25, -0.2) is 4.39 Å². The first-order chi connectivity index (χ1) is 12.5. The zero-order valence-electron chi connectivity index (χ0n) is 15.0. The van der Waals surface area contributed by atoms with Crippen LogP contribution in [0.5, 0.6) is 5.75 Å². The van der Waals surface area contributed by atoms with Gasteiger partial charge in [-0.3, -0.25) is 9.59 Å². The van der Waals surface area contributed by atoms with Crippen molar-refractivity contribution in [1.29, 1.82) is 0 Å². The SMILES string of the molecule is CC(=O)c1cccc(-c2cc(F)cc(OC(=O)CC3CCCCC3)c2)c1. The zero-order chi connectivity index (χ0) is 18.5. The maximum absolute atomic E-state index is 14.0. The Morgan fingerprint density at radius 3 is 2.54 bits per heavy atom. The van der Waals surface area contributed by atoms with Crippen LogP contribution in [-0.2, 0) is 4.79 Å². The van der Waals surface area contributed by atoms with E-state index in [-0.39, 0.29) is 17.5 Å². The van der Waals surface area contributed by atoms with Gasteiger partial charge in [0.05, 0.1) is 0 Å². The average Bonchev–Trinajstić information content (AvgIpc) is 2.62. The molecule has 1 aliphatic rings. The van der Waals surface area contributed by atoms with Crippen molar-refractivity contribution in [2.24, 2.45) is 5.92 Å². The highest BCUT2D eigenvalue weighted by Crippen LogP contribution is 2.29. The lowest BCUT2D eigenvalue weighted by atomic mass is 9.87. The van der Waals surface area contributed by atoms with Crippen LogP contribution >= 0.6 is 0 Å². The maximum Gasteiger partial charge on any atom is 0.311 e. The highest BCUT2D eigenvalue weighted by atomic mass is 19.1. The molecule has 0 aromatic heterocycles. The monoisotopic (exact) mass is 354 g/mol. The Bertz CT molecular complexity index is 807. The summed E-state index contributed by atoms with van der Waals surface area (Å²) < 4.78 is 19.4. The van der Waals surface area contributed by atoms with Crippen molar-refractivity contribution in [1.82, 2.24) is 0 Å². The Morgan fingerprint density at radius 2 is 1.81 bits per heavy atom. The van der Waals surface area contributed by atoms with Crippen molar-refractivity contribution >= 4 is 11.8 Å². The highest BCUT2D eigenvalue weighted by molar-refractivity contribution is 5.95. The quantitative estimate of drug-likeness (QED) is 0.400. The fourth-order valence-electron chi connectivity index (χ4n) is 3.51. The molecular weight excluding hydrogens is 331 g/mol. The van der Waals surface area contributed by atoms with Crippen molar-refractivity contribution in [2.75, 3.05) is 0 Å². The number of halogens is 1. The number of hydrogen-bond acceptors (Lipinski definition) is 3. The number of ether oxygens (including phenoxy) is 1. The highest BCUT2D eigenvalue weighted by Gasteiger charge is 2.18. The van der Waals surface area contributed by atoms with E-state index in [1.807, 2.05) is 0 Å². The van der Waals surface area contributed by atoms with Gasteiger partial charge in [0.2, 0.25) is 0 Å². The molecule has 0 bridgehead atoms. The van der Waals surface area contributed by atoms with Gasteiger partial charge in [-0.15, -0.1) is 0 Å². The Morgan fingerprint density at radius 1 is 1.04 bits per heavy atom. The molecule has 0 radical (unpaired) electrons. The number of carbonyl (C=O) groups excluding carboxylic acids is 2. The van der Waals surface area contributed by atoms with E-state index in [0.29, 0.717) is 29.0 Å². The first-order valence-electron chi connectivity index (χ1n) is 9.14. The molecule has 0 spiro atoms. The van der Waals surface area contributed by atoms with Crippen LogP contribution in [0, 0.1) is 11.7 Å². The van der Waals surface area contributed by atoms with E-state index in [2.05, 4.69) is 0 Å². The van der Waals surface area contributed by atoms with Crippen LogP contribution in [0.1, 0.15) is 55.8 Å². The number of Topliss-reactive ketones (excluding diaryl/α,β-unsaturated/α-hetero) is 1. The lowest BCUT2D eigenvalue weighted by Crippen LogP contribution is -2.16. The van der Waals surface area contributed by atoms with Gasteiger partial charge in [0.25, 0.3) is 0 Å². The number of hydrogen-bond donors (Lipinski definition) is 0. The molecule has 2 aromatic rings. The largest absolute Gasteiger partial charge is 0.426 e. The van der Waals surface area contributed by atoms with Crippen molar-refractivity contribution in [3.8, 4) is 16.9 Å². The Labute approximate surface area is 153 Å². The third-order valence-corrected chi connectivity index (χ3v) is 4.89. The van der Waals surface area contributed by atoms with Crippen LogP contribution in [0.15, 0.2) is 42.5 Å². The summed E-state index contributed by atoms with van der Waals surface area (Å²) in [5, 5.41) is 0. The Kier molecular flexibility index (Phi) is 5.82. The molecule has 0 amide bonds.